The van der Waals surface area contributed by atoms with Gasteiger partial charge in [-0.05, 0) is 50.6 Å². The molecule has 6 heteroatoms. The zero-order chi connectivity index (χ0) is 19.6. The molecule has 0 aliphatic heterocycles. The number of nitrogens with one attached hydrogen (secondary N) is 1. The second kappa shape index (κ2) is 10.3. The van der Waals surface area contributed by atoms with E-state index in [1.807, 2.05) is 51.1 Å². The molecule has 0 spiro atoms. The van der Waals surface area contributed by atoms with E-state index in [-0.39, 0.29) is 18.6 Å². The molecule has 1 N–H and O–H groups in total. The average molecular weight is 373 g/mol. The first-order valence-corrected chi connectivity index (χ1v) is 9.03. The molecule has 0 unspecified atom stereocenters. The molecule has 1 atom stereocenters. The molecular formula is C21H27NO5. The lowest BCUT2D eigenvalue weighted by molar-refractivity contribution is -0.123. The number of benzene rings is 2. The molecule has 0 aromatic heterocycles. The minimum Gasteiger partial charge on any atom is -0.493 e. The van der Waals surface area contributed by atoms with Gasteiger partial charge in [-0.1, -0.05) is 18.2 Å². The largest absolute Gasteiger partial charge is 0.493 e. The predicted octanol–water partition coefficient (Wildman–Crippen LogP) is 3.75. The van der Waals surface area contributed by atoms with Crippen LogP contribution in [0.25, 0.3) is 0 Å². The summed E-state index contributed by atoms with van der Waals surface area (Å²) in [7, 11) is 1.56. The van der Waals surface area contributed by atoms with Crippen LogP contribution >= 0.6 is 0 Å². The Morgan fingerprint density at radius 2 is 1.56 bits per heavy atom. The minimum atomic E-state index is -0.222. The van der Waals surface area contributed by atoms with Gasteiger partial charge in [-0.15, -0.1) is 0 Å². The van der Waals surface area contributed by atoms with Crippen LogP contribution in [-0.4, -0.2) is 32.8 Å². The summed E-state index contributed by atoms with van der Waals surface area (Å²) < 4.78 is 22.0. The third kappa shape index (κ3) is 5.81. The van der Waals surface area contributed by atoms with Gasteiger partial charge < -0.3 is 24.3 Å². The number of ether oxygens (including phenoxy) is 4. The zero-order valence-electron chi connectivity index (χ0n) is 16.3. The fourth-order valence-corrected chi connectivity index (χ4v) is 2.58. The van der Waals surface area contributed by atoms with E-state index in [9.17, 15) is 4.79 Å². The molecule has 2 aromatic carbocycles. The number of para-hydroxylation sites is 2. The van der Waals surface area contributed by atoms with Crippen LogP contribution in [0, 0.1) is 0 Å². The maximum absolute atomic E-state index is 12.2. The molecule has 6 nitrogen and oxygen atoms in total. The van der Waals surface area contributed by atoms with Gasteiger partial charge >= 0.3 is 0 Å². The molecule has 0 saturated carbocycles. The highest BCUT2D eigenvalue weighted by Crippen LogP contribution is 2.31. The summed E-state index contributed by atoms with van der Waals surface area (Å²) in [6.07, 6.45) is 0. The lowest BCUT2D eigenvalue weighted by atomic mass is 10.1. The molecule has 0 fully saturated rings. The van der Waals surface area contributed by atoms with Crippen molar-refractivity contribution in [2.75, 3.05) is 26.9 Å². The van der Waals surface area contributed by atoms with E-state index in [4.69, 9.17) is 18.9 Å². The summed E-state index contributed by atoms with van der Waals surface area (Å²) in [4.78, 5) is 12.2. The maximum atomic E-state index is 12.2. The molecule has 2 rings (SSSR count). The molecule has 0 saturated heterocycles. The highest BCUT2D eigenvalue weighted by molar-refractivity contribution is 5.78. The van der Waals surface area contributed by atoms with Crippen molar-refractivity contribution in [2.24, 2.45) is 0 Å². The monoisotopic (exact) mass is 373 g/mol. The van der Waals surface area contributed by atoms with Crippen molar-refractivity contribution in [1.29, 1.82) is 0 Å². The average Bonchev–Trinajstić information content (AvgIpc) is 2.68. The van der Waals surface area contributed by atoms with Crippen LogP contribution in [0.4, 0.5) is 0 Å². The third-order valence-corrected chi connectivity index (χ3v) is 3.87. The van der Waals surface area contributed by atoms with Crippen molar-refractivity contribution in [3.8, 4) is 23.0 Å². The third-order valence-electron chi connectivity index (χ3n) is 3.87. The van der Waals surface area contributed by atoms with Crippen molar-refractivity contribution >= 4 is 5.91 Å². The van der Waals surface area contributed by atoms with Crippen molar-refractivity contribution in [1.82, 2.24) is 5.32 Å². The molecular weight excluding hydrogens is 346 g/mol. The first-order chi connectivity index (χ1) is 13.1. The summed E-state index contributed by atoms with van der Waals surface area (Å²) in [6, 6.07) is 12.7. The molecule has 27 heavy (non-hydrogen) atoms. The second-order valence-electron chi connectivity index (χ2n) is 5.80. The molecule has 2 aromatic rings. The highest BCUT2D eigenvalue weighted by Gasteiger charge is 2.14. The van der Waals surface area contributed by atoms with Crippen LogP contribution in [0.15, 0.2) is 42.5 Å². The van der Waals surface area contributed by atoms with E-state index in [0.717, 1.165) is 5.56 Å². The normalized spacial score (nSPS) is 11.4. The van der Waals surface area contributed by atoms with Crippen LogP contribution in [0.1, 0.15) is 32.4 Å². The van der Waals surface area contributed by atoms with Gasteiger partial charge in [0.1, 0.15) is 0 Å². The van der Waals surface area contributed by atoms with Gasteiger partial charge in [-0.25, -0.2) is 0 Å². The van der Waals surface area contributed by atoms with Crippen LogP contribution in [-0.2, 0) is 4.79 Å². The molecule has 0 aliphatic rings. The molecule has 0 bridgehead atoms. The second-order valence-corrected chi connectivity index (χ2v) is 5.80. The van der Waals surface area contributed by atoms with Crippen molar-refractivity contribution in [3.05, 3.63) is 48.0 Å². The molecule has 1 amide bonds. The highest BCUT2D eigenvalue weighted by atomic mass is 16.5. The van der Waals surface area contributed by atoms with Gasteiger partial charge in [-0.2, -0.15) is 0 Å². The van der Waals surface area contributed by atoms with Crippen molar-refractivity contribution in [2.45, 2.75) is 26.8 Å². The van der Waals surface area contributed by atoms with Gasteiger partial charge in [0.25, 0.3) is 5.91 Å². The van der Waals surface area contributed by atoms with Crippen LogP contribution < -0.4 is 24.3 Å². The summed E-state index contributed by atoms with van der Waals surface area (Å²) in [6.45, 7) is 6.76. The number of carbonyl (C=O) groups excluding carboxylic acids is 1. The SMILES string of the molecule is CCOc1ccc([C@H](C)NC(=O)COc2ccccc2OC)cc1OCC. The van der Waals surface area contributed by atoms with E-state index in [1.165, 1.54) is 0 Å². The first-order valence-electron chi connectivity index (χ1n) is 9.03. The van der Waals surface area contributed by atoms with Crippen LogP contribution in [0.5, 0.6) is 23.0 Å². The summed E-state index contributed by atoms with van der Waals surface area (Å²) in [5.41, 5.74) is 0.924. The first kappa shape index (κ1) is 20.4. The number of rotatable bonds is 10. The fraction of sp³-hybridized carbons (Fsp3) is 0.381. The summed E-state index contributed by atoms with van der Waals surface area (Å²) in [5.74, 6) is 2.26. The maximum Gasteiger partial charge on any atom is 0.258 e. The predicted molar refractivity (Wildman–Crippen MR) is 104 cm³/mol. The molecule has 146 valence electrons. The van der Waals surface area contributed by atoms with Gasteiger partial charge in [0.15, 0.2) is 29.6 Å². The minimum absolute atomic E-state index is 0.0972. The van der Waals surface area contributed by atoms with Crippen molar-refractivity contribution < 1.29 is 23.7 Å². The van der Waals surface area contributed by atoms with Crippen LogP contribution in [0.2, 0.25) is 0 Å². The van der Waals surface area contributed by atoms with Crippen LogP contribution in [0.3, 0.4) is 0 Å². The Morgan fingerprint density at radius 3 is 2.22 bits per heavy atom. The van der Waals surface area contributed by atoms with Gasteiger partial charge in [0.2, 0.25) is 0 Å². The molecule has 0 radical (unpaired) electrons. The van der Waals surface area contributed by atoms with Gasteiger partial charge in [0, 0.05) is 0 Å². The zero-order valence-corrected chi connectivity index (χ0v) is 16.3. The Labute approximate surface area is 160 Å². The number of hydrogen-bond acceptors (Lipinski definition) is 5. The number of carbonyl (C=O) groups is 1. The lowest BCUT2D eigenvalue weighted by Crippen LogP contribution is -2.31. The van der Waals surface area contributed by atoms with E-state index in [0.29, 0.717) is 36.2 Å². The molecule has 0 heterocycles. The number of methoxy groups -OCH3 is 1. The Balaban J connectivity index is 1.98. The number of hydrogen-bond donors (Lipinski definition) is 1. The topological polar surface area (TPSA) is 66.0 Å². The Hall–Kier alpha value is -2.89. The van der Waals surface area contributed by atoms with Gasteiger partial charge in [-0.3, -0.25) is 4.79 Å². The number of amides is 1. The van der Waals surface area contributed by atoms with E-state index in [2.05, 4.69) is 5.32 Å². The smallest absolute Gasteiger partial charge is 0.258 e. The summed E-state index contributed by atoms with van der Waals surface area (Å²) in [5, 5.41) is 2.92. The molecule has 0 aliphatic carbocycles. The Bertz CT molecular complexity index is 747. The lowest BCUT2D eigenvalue weighted by Gasteiger charge is -2.18. The van der Waals surface area contributed by atoms with E-state index < -0.39 is 0 Å². The summed E-state index contributed by atoms with van der Waals surface area (Å²) >= 11 is 0. The quantitative estimate of drug-likeness (QED) is 0.687. The fourth-order valence-electron chi connectivity index (χ4n) is 2.58. The van der Waals surface area contributed by atoms with Crippen molar-refractivity contribution in [3.63, 3.8) is 0 Å². The Morgan fingerprint density at radius 1 is 0.926 bits per heavy atom. The van der Waals surface area contributed by atoms with E-state index in [1.54, 1.807) is 19.2 Å². The standard InChI is InChI=1S/C21H27NO5/c1-5-25-19-12-11-16(13-20(19)26-6-2)15(3)22-21(23)14-27-18-10-8-7-9-17(18)24-4/h7-13,15H,5-6,14H2,1-4H3,(H,22,23)/t15-/m0/s1. The van der Waals surface area contributed by atoms with E-state index >= 15 is 0 Å². The van der Waals surface area contributed by atoms with Gasteiger partial charge in [0.05, 0.1) is 26.4 Å². The Kier molecular flexibility index (Phi) is 7.79.